The molecule has 0 atom stereocenters. The van der Waals surface area contributed by atoms with E-state index in [1.54, 1.807) is 0 Å². The van der Waals surface area contributed by atoms with Crippen LogP contribution in [0.2, 0.25) is 0 Å². The highest BCUT2D eigenvalue weighted by Crippen LogP contribution is 2.31. The monoisotopic (exact) mass is 242 g/mol. The second-order valence-electron chi connectivity index (χ2n) is 4.18. The van der Waals surface area contributed by atoms with Crippen LogP contribution in [0.15, 0.2) is 11.2 Å². The van der Waals surface area contributed by atoms with Gasteiger partial charge in [0, 0.05) is 6.26 Å². The molecule has 16 heavy (non-hydrogen) atoms. The maximum Gasteiger partial charge on any atom is 0.193 e. The molecule has 1 fully saturated rings. The van der Waals surface area contributed by atoms with Gasteiger partial charge in [-0.15, -0.1) is 0 Å². The van der Waals surface area contributed by atoms with Gasteiger partial charge in [0.05, 0.1) is 17.8 Å². The number of carbonyl (C=O) groups excluding carboxylic acids is 1. The summed E-state index contributed by atoms with van der Waals surface area (Å²) in [6.07, 6.45) is 7.04. The van der Waals surface area contributed by atoms with E-state index in [2.05, 4.69) is 5.10 Å². The highest BCUT2D eigenvalue weighted by Gasteiger charge is 2.26. The van der Waals surface area contributed by atoms with Gasteiger partial charge in [0.15, 0.2) is 21.1 Å². The molecule has 1 heterocycles. The van der Waals surface area contributed by atoms with Gasteiger partial charge in [0.25, 0.3) is 0 Å². The highest BCUT2D eigenvalue weighted by atomic mass is 32.2. The lowest BCUT2D eigenvalue weighted by Crippen LogP contribution is -2.14. The van der Waals surface area contributed by atoms with Crippen molar-refractivity contribution in [2.24, 2.45) is 0 Å². The summed E-state index contributed by atoms with van der Waals surface area (Å²) in [5.41, 5.74) is 0.161. The maximum atomic E-state index is 11.6. The van der Waals surface area contributed by atoms with Gasteiger partial charge in [0.1, 0.15) is 0 Å². The molecule has 0 radical (unpaired) electrons. The molecule has 0 aliphatic heterocycles. The van der Waals surface area contributed by atoms with Crippen LogP contribution in [-0.4, -0.2) is 30.7 Å². The normalized spacial score (nSPS) is 17.8. The van der Waals surface area contributed by atoms with E-state index in [0.29, 0.717) is 6.29 Å². The molecule has 1 aromatic rings. The van der Waals surface area contributed by atoms with E-state index in [4.69, 9.17) is 0 Å². The predicted octanol–water partition coefficient (Wildman–Crippen LogP) is 1.21. The van der Waals surface area contributed by atoms with Gasteiger partial charge in [-0.05, 0) is 12.8 Å². The van der Waals surface area contributed by atoms with E-state index >= 15 is 0 Å². The van der Waals surface area contributed by atoms with Crippen LogP contribution in [0.5, 0.6) is 0 Å². The minimum atomic E-state index is -3.40. The summed E-state index contributed by atoms with van der Waals surface area (Å²) in [6.45, 7) is 0. The fourth-order valence-electron chi connectivity index (χ4n) is 2.24. The molecule has 1 aliphatic rings. The van der Waals surface area contributed by atoms with Crippen LogP contribution in [0.3, 0.4) is 0 Å². The van der Waals surface area contributed by atoms with E-state index in [1.165, 1.54) is 10.9 Å². The molecule has 1 saturated carbocycles. The van der Waals surface area contributed by atoms with Crippen LogP contribution in [0.25, 0.3) is 0 Å². The molecule has 5 nitrogen and oxygen atoms in total. The summed E-state index contributed by atoms with van der Waals surface area (Å²) >= 11 is 0. The second-order valence-corrected chi connectivity index (χ2v) is 6.11. The summed E-state index contributed by atoms with van der Waals surface area (Å²) in [5, 5.41) is 4.11. The standard InChI is InChI=1S/C10H14N2O3S/c1-16(14,15)10-8(7-13)6-11-12(10)9-4-2-3-5-9/h6-7,9H,2-5H2,1H3. The Balaban J connectivity index is 2.53. The molecular weight excluding hydrogens is 228 g/mol. The lowest BCUT2D eigenvalue weighted by atomic mass is 10.2. The molecule has 2 rings (SSSR count). The summed E-state index contributed by atoms with van der Waals surface area (Å²) in [4.78, 5) is 10.8. The van der Waals surface area contributed by atoms with Crippen LogP contribution in [0.4, 0.5) is 0 Å². The Hall–Kier alpha value is -1.17. The Kier molecular flexibility index (Phi) is 2.84. The van der Waals surface area contributed by atoms with Crippen molar-refractivity contribution in [1.29, 1.82) is 0 Å². The Morgan fingerprint density at radius 2 is 2.06 bits per heavy atom. The van der Waals surface area contributed by atoms with Gasteiger partial charge < -0.3 is 0 Å². The first-order valence-electron chi connectivity index (χ1n) is 5.27. The molecule has 88 valence electrons. The molecule has 0 saturated heterocycles. The first-order chi connectivity index (χ1) is 7.54. The molecule has 0 unspecified atom stereocenters. The number of carbonyl (C=O) groups is 1. The smallest absolute Gasteiger partial charge is 0.193 e. The third-order valence-electron chi connectivity index (χ3n) is 2.93. The fourth-order valence-corrected chi connectivity index (χ4v) is 3.30. The van der Waals surface area contributed by atoms with Gasteiger partial charge in [-0.2, -0.15) is 5.10 Å². The zero-order valence-corrected chi connectivity index (χ0v) is 9.90. The first kappa shape index (κ1) is 11.3. The quantitative estimate of drug-likeness (QED) is 0.747. The highest BCUT2D eigenvalue weighted by molar-refractivity contribution is 7.90. The van der Waals surface area contributed by atoms with Gasteiger partial charge in [0.2, 0.25) is 0 Å². The largest absolute Gasteiger partial charge is 0.298 e. The lowest BCUT2D eigenvalue weighted by Gasteiger charge is -2.13. The van der Waals surface area contributed by atoms with Crippen molar-refractivity contribution in [3.8, 4) is 0 Å². The Bertz CT molecular complexity index is 498. The molecule has 1 aliphatic carbocycles. The molecule has 0 amide bonds. The van der Waals surface area contributed by atoms with Crippen molar-refractivity contribution in [1.82, 2.24) is 9.78 Å². The minimum absolute atomic E-state index is 0.0643. The van der Waals surface area contributed by atoms with E-state index in [0.717, 1.165) is 31.9 Å². The molecule has 1 aromatic heterocycles. The SMILES string of the molecule is CS(=O)(=O)c1c(C=O)cnn1C1CCCC1. The van der Waals surface area contributed by atoms with Crippen LogP contribution < -0.4 is 0 Å². The number of aromatic nitrogens is 2. The molecule has 6 heteroatoms. The topological polar surface area (TPSA) is 69.0 Å². The number of aldehydes is 1. The van der Waals surface area contributed by atoms with Crippen molar-refractivity contribution in [2.75, 3.05) is 6.26 Å². The Labute approximate surface area is 94.4 Å². The van der Waals surface area contributed by atoms with E-state index < -0.39 is 9.84 Å². The zero-order chi connectivity index (χ0) is 11.8. The summed E-state index contributed by atoms with van der Waals surface area (Å²) in [5.74, 6) is 0. The third-order valence-corrected chi connectivity index (χ3v) is 4.05. The summed E-state index contributed by atoms with van der Waals surface area (Å²) in [6, 6.07) is 0.124. The van der Waals surface area contributed by atoms with E-state index in [9.17, 15) is 13.2 Å². The van der Waals surface area contributed by atoms with Crippen LogP contribution in [0.1, 0.15) is 42.1 Å². The van der Waals surface area contributed by atoms with Crippen LogP contribution >= 0.6 is 0 Å². The minimum Gasteiger partial charge on any atom is -0.298 e. The summed E-state index contributed by atoms with van der Waals surface area (Å²) in [7, 11) is -3.40. The van der Waals surface area contributed by atoms with Crippen molar-refractivity contribution < 1.29 is 13.2 Å². The maximum absolute atomic E-state index is 11.6. The average Bonchev–Trinajstić information content (AvgIpc) is 2.84. The average molecular weight is 242 g/mol. The number of hydrogen-bond acceptors (Lipinski definition) is 4. The second kappa shape index (κ2) is 4.01. The number of rotatable bonds is 3. The molecule has 0 N–H and O–H groups in total. The number of hydrogen-bond donors (Lipinski definition) is 0. The van der Waals surface area contributed by atoms with Gasteiger partial charge in [-0.1, -0.05) is 12.8 Å². The van der Waals surface area contributed by atoms with Crippen molar-refractivity contribution in [3.63, 3.8) is 0 Å². The van der Waals surface area contributed by atoms with E-state index in [1.807, 2.05) is 0 Å². The number of sulfone groups is 1. The Morgan fingerprint density at radius 1 is 1.44 bits per heavy atom. The number of nitrogens with zero attached hydrogens (tertiary/aromatic N) is 2. The first-order valence-corrected chi connectivity index (χ1v) is 7.16. The third kappa shape index (κ3) is 1.89. The van der Waals surface area contributed by atoms with Crippen molar-refractivity contribution in [3.05, 3.63) is 11.8 Å². The lowest BCUT2D eigenvalue weighted by molar-refractivity contribution is 0.112. The summed E-state index contributed by atoms with van der Waals surface area (Å²) < 4.78 is 24.8. The molecule has 0 bridgehead atoms. The van der Waals surface area contributed by atoms with Crippen molar-refractivity contribution in [2.45, 2.75) is 36.8 Å². The van der Waals surface area contributed by atoms with Crippen LogP contribution in [-0.2, 0) is 9.84 Å². The van der Waals surface area contributed by atoms with Crippen molar-refractivity contribution >= 4 is 16.1 Å². The van der Waals surface area contributed by atoms with Gasteiger partial charge >= 0.3 is 0 Å². The predicted molar refractivity (Wildman–Crippen MR) is 58.2 cm³/mol. The Morgan fingerprint density at radius 3 is 2.56 bits per heavy atom. The van der Waals surface area contributed by atoms with E-state index in [-0.39, 0.29) is 16.6 Å². The zero-order valence-electron chi connectivity index (χ0n) is 9.09. The molecule has 0 spiro atoms. The van der Waals surface area contributed by atoms with Gasteiger partial charge in [-0.25, -0.2) is 8.42 Å². The molecular formula is C10H14N2O3S. The van der Waals surface area contributed by atoms with Crippen LogP contribution in [0, 0.1) is 0 Å². The van der Waals surface area contributed by atoms with Gasteiger partial charge in [-0.3, -0.25) is 9.48 Å². The fraction of sp³-hybridized carbons (Fsp3) is 0.600. The molecule has 0 aromatic carbocycles.